The van der Waals surface area contributed by atoms with Crippen LogP contribution in [0.15, 0.2) is 30.3 Å². The average Bonchev–Trinajstić information content (AvgIpc) is 2.42. The third-order valence-corrected chi connectivity index (χ3v) is 3.64. The van der Waals surface area contributed by atoms with Gasteiger partial charge in [-0.1, -0.05) is 18.2 Å². The lowest BCUT2D eigenvalue weighted by molar-refractivity contribution is 0.185. The van der Waals surface area contributed by atoms with E-state index in [1.807, 2.05) is 13.0 Å². The maximum atomic E-state index is 9.04. The fourth-order valence-electron chi connectivity index (χ4n) is 2.54. The van der Waals surface area contributed by atoms with Gasteiger partial charge in [-0.25, -0.2) is 0 Å². The van der Waals surface area contributed by atoms with Crippen molar-refractivity contribution in [2.75, 3.05) is 13.2 Å². The van der Waals surface area contributed by atoms with Gasteiger partial charge in [0.2, 0.25) is 0 Å². The van der Waals surface area contributed by atoms with Gasteiger partial charge >= 0.3 is 0 Å². The summed E-state index contributed by atoms with van der Waals surface area (Å²) in [5, 5.41) is 10.3. The van der Waals surface area contributed by atoms with E-state index < -0.39 is 0 Å². The largest absolute Gasteiger partial charge is 0.396 e. The molecule has 1 aromatic carbocycles. The molecule has 2 aromatic rings. The number of aromatic nitrogens is 1. The molecule has 0 aliphatic heterocycles. The van der Waals surface area contributed by atoms with Crippen molar-refractivity contribution in [1.82, 2.24) is 9.88 Å². The van der Waals surface area contributed by atoms with Gasteiger partial charge < -0.3 is 5.11 Å². The Morgan fingerprint density at radius 1 is 1.25 bits per heavy atom. The molecule has 3 heteroatoms. The van der Waals surface area contributed by atoms with Crippen LogP contribution in [0.4, 0.5) is 0 Å². The molecule has 0 radical (unpaired) electrons. The Kier molecular flexibility index (Phi) is 5.10. The quantitative estimate of drug-likeness (QED) is 0.877. The summed E-state index contributed by atoms with van der Waals surface area (Å²) in [4.78, 5) is 6.99. The Bertz CT molecular complexity index is 566. The summed E-state index contributed by atoms with van der Waals surface area (Å²) in [5.41, 5.74) is 3.44. The smallest absolute Gasteiger partial charge is 0.0708 e. The summed E-state index contributed by atoms with van der Waals surface area (Å²) in [6.07, 6.45) is 0.820. The SMILES string of the molecule is Cc1cc(CN(CCCO)C(C)C)c2ccccc2n1. The number of hydrogen-bond acceptors (Lipinski definition) is 3. The molecule has 0 atom stereocenters. The first-order valence-electron chi connectivity index (χ1n) is 7.32. The minimum atomic E-state index is 0.249. The van der Waals surface area contributed by atoms with Crippen molar-refractivity contribution in [3.63, 3.8) is 0 Å². The number of benzene rings is 1. The first kappa shape index (κ1) is 14.9. The van der Waals surface area contributed by atoms with E-state index in [0.29, 0.717) is 6.04 Å². The number of hydrogen-bond donors (Lipinski definition) is 1. The van der Waals surface area contributed by atoms with E-state index in [1.165, 1.54) is 10.9 Å². The van der Waals surface area contributed by atoms with Crippen LogP contribution in [-0.4, -0.2) is 34.2 Å². The summed E-state index contributed by atoms with van der Waals surface area (Å²) in [7, 11) is 0. The number of aliphatic hydroxyl groups excluding tert-OH is 1. The molecule has 108 valence electrons. The molecule has 0 fully saturated rings. The van der Waals surface area contributed by atoms with Gasteiger partial charge in [-0.05, 0) is 44.9 Å². The van der Waals surface area contributed by atoms with Crippen LogP contribution in [0, 0.1) is 6.92 Å². The fourth-order valence-corrected chi connectivity index (χ4v) is 2.54. The van der Waals surface area contributed by atoms with E-state index in [2.05, 4.69) is 48.0 Å². The van der Waals surface area contributed by atoms with Crippen LogP contribution in [0.2, 0.25) is 0 Å². The van der Waals surface area contributed by atoms with E-state index >= 15 is 0 Å². The van der Waals surface area contributed by atoms with Crippen molar-refractivity contribution in [2.24, 2.45) is 0 Å². The number of fused-ring (bicyclic) bond motifs is 1. The van der Waals surface area contributed by atoms with Gasteiger partial charge in [0.15, 0.2) is 0 Å². The Hall–Kier alpha value is -1.45. The predicted molar refractivity (Wildman–Crippen MR) is 83.7 cm³/mol. The molecule has 20 heavy (non-hydrogen) atoms. The molecule has 1 heterocycles. The van der Waals surface area contributed by atoms with Crippen molar-refractivity contribution < 1.29 is 5.11 Å². The van der Waals surface area contributed by atoms with Crippen molar-refractivity contribution >= 4 is 10.9 Å². The second kappa shape index (κ2) is 6.82. The molecule has 0 unspecified atom stereocenters. The fraction of sp³-hybridized carbons (Fsp3) is 0.471. The van der Waals surface area contributed by atoms with Crippen LogP contribution in [0.25, 0.3) is 10.9 Å². The second-order valence-electron chi connectivity index (χ2n) is 5.58. The molecule has 0 amide bonds. The van der Waals surface area contributed by atoms with Gasteiger partial charge in [0.05, 0.1) is 5.52 Å². The number of rotatable bonds is 6. The van der Waals surface area contributed by atoms with E-state index in [1.54, 1.807) is 0 Å². The van der Waals surface area contributed by atoms with Crippen molar-refractivity contribution in [1.29, 1.82) is 0 Å². The molecule has 0 saturated carbocycles. The third-order valence-electron chi connectivity index (χ3n) is 3.64. The van der Waals surface area contributed by atoms with Gasteiger partial charge in [0, 0.05) is 36.8 Å². The van der Waals surface area contributed by atoms with Crippen LogP contribution in [0.5, 0.6) is 0 Å². The lowest BCUT2D eigenvalue weighted by Crippen LogP contribution is -2.31. The van der Waals surface area contributed by atoms with Crippen LogP contribution in [0.3, 0.4) is 0 Å². The molecule has 0 saturated heterocycles. The molecule has 1 N–H and O–H groups in total. The number of para-hydroxylation sites is 1. The molecule has 1 aromatic heterocycles. The minimum absolute atomic E-state index is 0.249. The Balaban J connectivity index is 2.31. The van der Waals surface area contributed by atoms with Crippen LogP contribution < -0.4 is 0 Å². The summed E-state index contributed by atoms with van der Waals surface area (Å²) >= 11 is 0. The van der Waals surface area contributed by atoms with E-state index in [4.69, 9.17) is 5.11 Å². The Morgan fingerprint density at radius 3 is 2.70 bits per heavy atom. The molecule has 2 rings (SSSR count). The number of aryl methyl sites for hydroxylation is 1. The highest BCUT2D eigenvalue weighted by Gasteiger charge is 2.12. The van der Waals surface area contributed by atoms with Crippen molar-refractivity contribution in [3.8, 4) is 0 Å². The van der Waals surface area contributed by atoms with Crippen molar-refractivity contribution in [3.05, 3.63) is 41.6 Å². The first-order chi connectivity index (χ1) is 9.61. The normalized spacial score (nSPS) is 11.7. The third kappa shape index (κ3) is 3.56. The summed E-state index contributed by atoms with van der Waals surface area (Å²) < 4.78 is 0. The number of aliphatic hydroxyl groups is 1. The molecule has 0 bridgehead atoms. The van der Waals surface area contributed by atoms with Crippen LogP contribution in [-0.2, 0) is 6.54 Å². The Morgan fingerprint density at radius 2 is 2.00 bits per heavy atom. The van der Waals surface area contributed by atoms with E-state index in [-0.39, 0.29) is 6.61 Å². The highest BCUT2D eigenvalue weighted by molar-refractivity contribution is 5.82. The zero-order valence-corrected chi connectivity index (χ0v) is 12.6. The minimum Gasteiger partial charge on any atom is -0.396 e. The van der Waals surface area contributed by atoms with Gasteiger partial charge in [0.1, 0.15) is 0 Å². The molecule has 0 aliphatic carbocycles. The molecule has 3 nitrogen and oxygen atoms in total. The highest BCUT2D eigenvalue weighted by atomic mass is 16.3. The monoisotopic (exact) mass is 272 g/mol. The topological polar surface area (TPSA) is 36.4 Å². The van der Waals surface area contributed by atoms with E-state index in [9.17, 15) is 0 Å². The first-order valence-corrected chi connectivity index (χ1v) is 7.32. The predicted octanol–water partition coefficient (Wildman–Crippen LogP) is 3.14. The molecule has 0 aliphatic rings. The maximum absolute atomic E-state index is 9.04. The summed E-state index contributed by atoms with van der Waals surface area (Å²) in [5.74, 6) is 0. The average molecular weight is 272 g/mol. The van der Waals surface area contributed by atoms with Gasteiger partial charge in [-0.3, -0.25) is 9.88 Å². The van der Waals surface area contributed by atoms with Gasteiger partial charge in [0.25, 0.3) is 0 Å². The van der Waals surface area contributed by atoms with Gasteiger partial charge in [-0.15, -0.1) is 0 Å². The van der Waals surface area contributed by atoms with Crippen molar-refractivity contribution in [2.45, 2.75) is 39.8 Å². The van der Waals surface area contributed by atoms with Gasteiger partial charge in [-0.2, -0.15) is 0 Å². The molecular weight excluding hydrogens is 248 g/mol. The number of pyridine rings is 1. The Labute approximate surface area is 121 Å². The summed E-state index contributed by atoms with van der Waals surface area (Å²) in [6.45, 7) is 8.52. The van der Waals surface area contributed by atoms with E-state index in [0.717, 1.165) is 30.7 Å². The lowest BCUT2D eigenvalue weighted by atomic mass is 10.1. The van der Waals surface area contributed by atoms with Crippen LogP contribution in [0.1, 0.15) is 31.5 Å². The highest BCUT2D eigenvalue weighted by Crippen LogP contribution is 2.20. The zero-order valence-electron chi connectivity index (χ0n) is 12.6. The summed E-state index contributed by atoms with van der Waals surface area (Å²) in [6, 6.07) is 11.0. The maximum Gasteiger partial charge on any atom is 0.0708 e. The lowest BCUT2D eigenvalue weighted by Gasteiger charge is -2.27. The van der Waals surface area contributed by atoms with Crippen LogP contribution >= 0.6 is 0 Å². The standard InChI is InChI=1S/C17H24N2O/c1-13(2)19(9-6-10-20)12-15-11-14(3)18-17-8-5-4-7-16(15)17/h4-5,7-8,11,13,20H,6,9-10,12H2,1-3H3. The molecular formula is C17H24N2O. The zero-order chi connectivity index (χ0) is 14.5. The number of nitrogens with zero attached hydrogens (tertiary/aromatic N) is 2. The second-order valence-corrected chi connectivity index (χ2v) is 5.58. The molecule has 0 spiro atoms.